The van der Waals surface area contributed by atoms with E-state index in [1.807, 2.05) is 40.6 Å². The molecule has 0 unspecified atom stereocenters. The summed E-state index contributed by atoms with van der Waals surface area (Å²) in [5, 5.41) is 6.60. The van der Waals surface area contributed by atoms with Gasteiger partial charge in [0.15, 0.2) is 5.13 Å². The highest BCUT2D eigenvalue weighted by atomic mass is 35.5. The van der Waals surface area contributed by atoms with Gasteiger partial charge in [0.25, 0.3) is 0 Å². The quantitative estimate of drug-likeness (QED) is 0.712. The first-order valence-corrected chi connectivity index (χ1v) is 9.75. The molecule has 0 atom stereocenters. The van der Waals surface area contributed by atoms with Crippen LogP contribution in [0.15, 0.2) is 53.9 Å². The van der Waals surface area contributed by atoms with Crippen LogP contribution in [-0.2, 0) is 24.2 Å². The molecule has 1 aliphatic heterocycles. The summed E-state index contributed by atoms with van der Waals surface area (Å²) in [6.45, 7) is 1.46. The highest BCUT2D eigenvalue weighted by Crippen LogP contribution is 2.24. The lowest BCUT2D eigenvalue weighted by Crippen LogP contribution is -2.36. The zero-order valence-corrected chi connectivity index (χ0v) is 15.7. The third-order valence-electron chi connectivity index (χ3n) is 4.44. The Kier molecular flexibility index (Phi) is 4.91. The molecule has 1 aromatic heterocycles. The van der Waals surface area contributed by atoms with E-state index >= 15 is 0 Å². The maximum Gasteiger partial charge on any atom is 0.228 e. The Bertz CT molecular complexity index is 940. The molecule has 3 aromatic rings. The number of halogens is 1. The Morgan fingerprint density at radius 1 is 1.19 bits per heavy atom. The van der Waals surface area contributed by atoms with Crippen molar-refractivity contribution in [2.24, 2.45) is 0 Å². The Balaban J connectivity index is 1.39. The van der Waals surface area contributed by atoms with E-state index in [1.54, 1.807) is 0 Å². The number of anilines is 2. The van der Waals surface area contributed by atoms with E-state index in [2.05, 4.69) is 28.5 Å². The minimum atomic E-state index is 0.124. The van der Waals surface area contributed by atoms with Gasteiger partial charge in [0.2, 0.25) is 5.91 Å². The van der Waals surface area contributed by atoms with Crippen molar-refractivity contribution in [1.82, 2.24) is 9.88 Å². The van der Waals surface area contributed by atoms with Gasteiger partial charge in [-0.2, -0.15) is 0 Å². The van der Waals surface area contributed by atoms with Crippen LogP contribution < -0.4 is 5.32 Å². The number of aromatic nitrogens is 1. The molecule has 1 amide bonds. The second kappa shape index (κ2) is 7.48. The van der Waals surface area contributed by atoms with E-state index in [4.69, 9.17) is 11.6 Å². The molecule has 132 valence electrons. The average Bonchev–Trinajstić information content (AvgIpc) is 3.08. The van der Waals surface area contributed by atoms with Gasteiger partial charge in [0.1, 0.15) is 0 Å². The number of nitrogens with one attached hydrogen (secondary N) is 1. The summed E-state index contributed by atoms with van der Waals surface area (Å²) in [5.41, 5.74) is 4.27. The van der Waals surface area contributed by atoms with E-state index < -0.39 is 0 Å². The first kappa shape index (κ1) is 17.1. The van der Waals surface area contributed by atoms with Crippen LogP contribution in [0.4, 0.5) is 10.8 Å². The second-order valence-corrected chi connectivity index (χ2v) is 7.58. The van der Waals surface area contributed by atoms with Gasteiger partial charge in [0, 0.05) is 29.2 Å². The fraction of sp³-hybridized carbons (Fsp3) is 0.200. The van der Waals surface area contributed by atoms with E-state index in [-0.39, 0.29) is 5.91 Å². The fourth-order valence-electron chi connectivity index (χ4n) is 3.11. The molecule has 26 heavy (non-hydrogen) atoms. The summed E-state index contributed by atoms with van der Waals surface area (Å²) < 4.78 is 0. The standard InChI is InChI=1S/C20H18ClN3OS/c21-16-6-3-7-17(10-16)22-20-23-18(13-26-20)11-19(25)24-9-8-14-4-1-2-5-15(14)12-24/h1-7,10,13H,8-9,11-12H2,(H,22,23). The molecule has 0 aliphatic carbocycles. The lowest BCUT2D eigenvalue weighted by Gasteiger charge is -2.28. The van der Waals surface area contributed by atoms with Gasteiger partial charge in [-0.3, -0.25) is 4.79 Å². The van der Waals surface area contributed by atoms with Crippen LogP contribution >= 0.6 is 22.9 Å². The number of thiazole rings is 1. The van der Waals surface area contributed by atoms with Crippen molar-refractivity contribution in [2.45, 2.75) is 19.4 Å². The van der Waals surface area contributed by atoms with Crippen LogP contribution in [0.2, 0.25) is 5.02 Å². The molecule has 2 aromatic carbocycles. The number of carbonyl (C=O) groups excluding carboxylic acids is 1. The van der Waals surface area contributed by atoms with Crippen molar-refractivity contribution < 1.29 is 4.79 Å². The van der Waals surface area contributed by atoms with Crippen LogP contribution in [0, 0.1) is 0 Å². The van der Waals surface area contributed by atoms with Crippen LogP contribution in [0.5, 0.6) is 0 Å². The number of fused-ring (bicyclic) bond motifs is 1. The summed E-state index contributed by atoms with van der Waals surface area (Å²) in [5.74, 6) is 0.124. The zero-order valence-electron chi connectivity index (χ0n) is 14.1. The maximum atomic E-state index is 12.6. The van der Waals surface area contributed by atoms with E-state index in [1.165, 1.54) is 22.5 Å². The highest BCUT2D eigenvalue weighted by molar-refractivity contribution is 7.13. The molecule has 1 N–H and O–H groups in total. The van der Waals surface area contributed by atoms with Crippen molar-refractivity contribution >= 4 is 39.7 Å². The Morgan fingerprint density at radius 3 is 2.88 bits per heavy atom. The van der Waals surface area contributed by atoms with Gasteiger partial charge in [-0.25, -0.2) is 4.98 Å². The molecular weight excluding hydrogens is 366 g/mol. The van der Waals surface area contributed by atoms with Gasteiger partial charge in [-0.05, 0) is 35.7 Å². The predicted molar refractivity (Wildman–Crippen MR) is 106 cm³/mol. The molecule has 2 heterocycles. The van der Waals surface area contributed by atoms with Gasteiger partial charge in [0.05, 0.1) is 12.1 Å². The van der Waals surface area contributed by atoms with Gasteiger partial charge < -0.3 is 10.2 Å². The van der Waals surface area contributed by atoms with Crippen molar-refractivity contribution in [3.63, 3.8) is 0 Å². The first-order chi connectivity index (χ1) is 12.7. The smallest absolute Gasteiger partial charge is 0.228 e. The van der Waals surface area contributed by atoms with Crippen LogP contribution in [0.1, 0.15) is 16.8 Å². The summed E-state index contributed by atoms with van der Waals surface area (Å²) in [7, 11) is 0. The number of carbonyl (C=O) groups is 1. The number of nitrogens with zero attached hydrogens (tertiary/aromatic N) is 2. The lowest BCUT2D eigenvalue weighted by molar-refractivity contribution is -0.131. The van der Waals surface area contributed by atoms with E-state index in [0.717, 1.165) is 29.5 Å². The lowest BCUT2D eigenvalue weighted by atomic mass is 10.00. The van der Waals surface area contributed by atoms with Crippen LogP contribution in [0.25, 0.3) is 0 Å². The SMILES string of the molecule is O=C(Cc1csc(Nc2cccc(Cl)c2)n1)N1CCc2ccccc2C1. The molecule has 0 bridgehead atoms. The molecule has 0 fully saturated rings. The normalized spacial score (nSPS) is 13.3. The molecule has 4 nitrogen and oxygen atoms in total. The summed E-state index contributed by atoms with van der Waals surface area (Å²) >= 11 is 7.49. The number of hydrogen-bond donors (Lipinski definition) is 1. The van der Waals surface area contributed by atoms with E-state index in [9.17, 15) is 4.79 Å². The van der Waals surface area contributed by atoms with Crippen molar-refractivity contribution in [3.05, 3.63) is 75.8 Å². The topological polar surface area (TPSA) is 45.2 Å². The second-order valence-electron chi connectivity index (χ2n) is 6.29. The first-order valence-electron chi connectivity index (χ1n) is 8.49. The number of rotatable bonds is 4. The largest absolute Gasteiger partial charge is 0.338 e. The molecule has 0 saturated carbocycles. The van der Waals surface area contributed by atoms with Gasteiger partial charge in [-0.1, -0.05) is 41.9 Å². The molecule has 6 heteroatoms. The van der Waals surface area contributed by atoms with E-state index in [0.29, 0.717) is 18.0 Å². The number of benzene rings is 2. The third-order valence-corrected chi connectivity index (χ3v) is 5.48. The third kappa shape index (κ3) is 3.89. The summed E-state index contributed by atoms with van der Waals surface area (Å²) in [4.78, 5) is 19.1. The van der Waals surface area contributed by atoms with Gasteiger partial charge in [-0.15, -0.1) is 11.3 Å². The zero-order chi connectivity index (χ0) is 17.9. The fourth-order valence-corrected chi connectivity index (χ4v) is 4.03. The van der Waals surface area contributed by atoms with Gasteiger partial charge >= 0.3 is 0 Å². The molecular formula is C20H18ClN3OS. The minimum absolute atomic E-state index is 0.124. The molecule has 1 aliphatic rings. The number of hydrogen-bond acceptors (Lipinski definition) is 4. The Labute approximate surface area is 161 Å². The highest BCUT2D eigenvalue weighted by Gasteiger charge is 2.21. The Morgan fingerprint density at radius 2 is 2.04 bits per heavy atom. The molecule has 0 spiro atoms. The van der Waals surface area contributed by atoms with Crippen molar-refractivity contribution in [2.75, 3.05) is 11.9 Å². The maximum absolute atomic E-state index is 12.6. The predicted octanol–water partition coefficient (Wildman–Crippen LogP) is 4.67. The van der Waals surface area contributed by atoms with Crippen LogP contribution in [0.3, 0.4) is 0 Å². The molecule has 0 saturated heterocycles. The number of amides is 1. The van der Waals surface area contributed by atoms with Crippen LogP contribution in [-0.4, -0.2) is 22.3 Å². The van der Waals surface area contributed by atoms with Crippen molar-refractivity contribution in [3.8, 4) is 0 Å². The molecule has 4 rings (SSSR count). The monoisotopic (exact) mass is 383 g/mol. The average molecular weight is 384 g/mol. The van der Waals surface area contributed by atoms with Crippen molar-refractivity contribution in [1.29, 1.82) is 0 Å². The Hall–Kier alpha value is -2.37. The summed E-state index contributed by atoms with van der Waals surface area (Å²) in [6, 6.07) is 15.8. The minimum Gasteiger partial charge on any atom is -0.338 e. The summed E-state index contributed by atoms with van der Waals surface area (Å²) in [6.07, 6.45) is 1.25. The molecule has 0 radical (unpaired) electrons.